The first-order valence-electron chi connectivity index (χ1n) is 7.23. The maximum absolute atomic E-state index is 11.9. The van der Waals surface area contributed by atoms with Gasteiger partial charge < -0.3 is 4.74 Å². The highest BCUT2D eigenvalue weighted by Crippen LogP contribution is 2.24. The van der Waals surface area contributed by atoms with Crippen molar-refractivity contribution in [1.29, 1.82) is 0 Å². The van der Waals surface area contributed by atoms with Crippen molar-refractivity contribution < 1.29 is 13.2 Å². The molecule has 1 aromatic heterocycles. The van der Waals surface area contributed by atoms with Crippen LogP contribution in [0.25, 0.3) is 0 Å². The summed E-state index contributed by atoms with van der Waals surface area (Å²) < 4.78 is 33.8. The van der Waals surface area contributed by atoms with E-state index in [4.69, 9.17) is 4.74 Å². The molecule has 1 aromatic carbocycles. The number of hydrogen-bond acceptors (Lipinski definition) is 5. The van der Waals surface area contributed by atoms with E-state index in [2.05, 4.69) is 10.3 Å². The Hall–Kier alpha value is -1.97. The van der Waals surface area contributed by atoms with Crippen molar-refractivity contribution in [3.8, 4) is 5.75 Å². The Bertz CT molecular complexity index is 754. The molecule has 1 fully saturated rings. The lowest BCUT2D eigenvalue weighted by molar-refractivity contribution is 0.180. The molecule has 0 atom stereocenters. The third kappa shape index (κ3) is 3.36. The highest BCUT2D eigenvalue weighted by Gasteiger charge is 2.38. The summed E-state index contributed by atoms with van der Waals surface area (Å²) in [7, 11) is -0.290. The van der Waals surface area contributed by atoms with Crippen molar-refractivity contribution in [2.45, 2.75) is 12.6 Å². The van der Waals surface area contributed by atoms with E-state index >= 15 is 0 Å². The van der Waals surface area contributed by atoms with E-state index in [1.165, 1.54) is 22.7 Å². The minimum absolute atomic E-state index is 0.0164. The van der Waals surface area contributed by atoms with E-state index in [9.17, 15) is 8.42 Å². The second-order valence-electron chi connectivity index (χ2n) is 5.55. The molecule has 23 heavy (non-hydrogen) atoms. The lowest BCUT2D eigenvalue weighted by Crippen LogP contribution is -2.54. The molecule has 0 saturated carbocycles. The maximum atomic E-state index is 11.9. The largest absolute Gasteiger partial charge is 0.487 e. The number of aromatic nitrogens is 3. The van der Waals surface area contributed by atoms with Gasteiger partial charge in [0, 0.05) is 27.2 Å². The molecule has 1 aliphatic rings. The molecule has 0 unspecified atom stereocenters. The SMILES string of the molecule is CN(C)S(=O)(=O)N1CC(n2cc(COc3ccccc3)nn2)C1. The monoisotopic (exact) mass is 337 g/mol. The van der Waals surface area contributed by atoms with Gasteiger partial charge in [-0.25, -0.2) is 4.68 Å². The molecule has 0 spiro atoms. The van der Waals surface area contributed by atoms with Crippen LogP contribution < -0.4 is 4.74 Å². The fraction of sp³-hybridized carbons (Fsp3) is 0.429. The van der Waals surface area contributed by atoms with Crippen LogP contribution in [0.5, 0.6) is 5.75 Å². The van der Waals surface area contributed by atoms with Gasteiger partial charge in [0.05, 0.1) is 12.2 Å². The minimum atomic E-state index is -3.34. The molecule has 1 saturated heterocycles. The molecule has 2 aromatic rings. The van der Waals surface area contributed by atoms with Crippen LogP contribution >= 0.6 is 0 Å². The lowest BCUT2D eigenvalue weighted by Gasteiger charge is -2.38. The Balaban J connectivity index is 1.55. The van der Waals surface area contributed by atoms with Crippen molar-refractivity contribution in [2.24, 2.45) is 0 Å². The van der Waals surface area contributed by atoms with Crippen molar-refractivity contribution in [2.75, 3.05) is 27.2 Å². The minimum Gasteiger partial charge on any atom is -0.487 e. The van der Waals surface area contributed by atoms with Gasteiger partial charge in [0.1, 0.15) is 18.1 Å². The molecule has 8 nitrogen and oxygen atoms in total. The average Bonchev–Trinajstić information content (AvgIpc) is 2.93. The van der Waals surface area contributed by atoms with Gasteiger partial charge in [0.25, 0.3) is 10.2 Å². The topological polar surface area (TPSA) is 80.6 Å². The first-order chi connectivity index (χ1) is 11.0. The summed E-state index contributed by atoms with van der Waals surface area (Å²) in [6.07, 6.45) is 1.80. The number of rotatable bonds is 6. The van der Waals surface area contributed by atoms with E-state index in [0.29, 0.717) is 25.4 Å². The lowest BCUT2D eigenvalue weighted by atomic mass is 10.2. The van der Waals surface area contributed by atoms with E-state index in [1.807, 2.05) is 30.3 Å². The van der Waals surface area contributed by atoms with Gasteiger partial charge in [-0.2, -0.15) is 17.0 Å². The normalized spacial score (nSPS) is 16.5. The summed E-state index contributed by atoms with van der Waals surface area (Å²) in [5, 5.41) is 8.13. The van der Waals surface area contributed by atoms with Crippen LogP contribution in [0.4, 0.5) is 0 Å². The number of hydrogen-bond donors (Lipinski definition) is 0. The molecule has 0 N–H and O–H groups in total. The molecular weight excluding hydrogens is 318 g/mol. The van der Waals surface area contributed by atoms with Gasteiger partial charge in [0.15, 0.2) is 0 Å². The van der Waals surface area contributed by atoms with Gasteiger partial charge in [-0.3, -0.25) is 0 Å². The van der Waals surface area contributed by atoms with Crippen molar-refractivity contribution in [3.05, 3.63) is 42.2 Å². The van der Waals surface area contributed by atoms with Crippen LogP contribution in [-0.4, -0.2) is 59.2 Å². The number of ether oxygens (including phenoxy) is 1. The van der Waals surface area contributed by atoms with E-state index < -0.39 is 10.2 Å². The highest BCUT2D eigenvalue weighted by molar-refractivity contribution is 7.86. The molecule has 9 heteroatoms. The molecule has 0 amide bonds. The van der Waals surface area contributed by atoms with E-state index in [0.717, 1.165) is 5.75 Å². The predicted molar refractivity (Wildman–Crippen MR) is 84.0 cm³/mol. The fourth-order valence-electron chi connectivity index (χ4n) is 2.24. The van der Waals surface area contributed by atoms with E-state index in [1.54, 1.807) is 10.9 Å². The Morgan fingerprint density at radius 3 is 2.61 bits per heavy atom. The summed E-state index contributed by atoms with van der Waals surface area (Å²) in [4.78, 5) is 0. The van der Waals surface area contributed by atoms with Crippen LogP contribution in [0, 0.1) is 0 Å². The first-order valence-corrected chi connectivity index (χ1v) is 8.62. The maximum Gasteiger partial charge on any atom is 0.281 e. The number of benzene rings is 1. The van der Waals surface area contributed by atoms with Gasteiger partial charge in [-0.15, -0.1) is 5.10 Å². The summed E-state index contributed by atoms with van der Waals surface area (Å²) >= 11 is 0. The van der Waals surface area contributed by atoms with Gasteiger partial charge >= 0.3 is 0 Å². The molecule has 0 bridgehead atoms. The third-order valence-corrected chi connectivity index (χ3v) is 5.55. The van der Waals surface area contributed by atoms with Gasteiger partial charge in [-0.1, -0.05) is 23.4 Å². The number of nitrogens with zero attached hydrogens (tertiary/aromatic N) is 5. The third-order valence-electron chi connectivity index (χ3n) is 3.68. The Labute approximate surface area is 135 Å². The van der Waals surface area contributed by atoms with Crippen LogP contribution in [0.3, 0.4) is 0 Å². The van der Waals surface area contributed by atoms with Crippen LogP contribution in [0.2, 0.25) is 0 Å². The van der Waals surface area contributed by atoms with Crippen LogP contribution in [0.1, 0.15) is 11.7 Å². The summed E-state index contributed by atoms with van der Waals surface area (Å²) in [6, 6.07) is 9.50. The van der Waals surface area contributed by atoms with Crippen molar-refractivity contribution in [1.82, 2.24) is 23.6 Å². The standard InChI is InChI=1S/C14H19N5O3S/c1-17(2)23(20,21)18-9-13(10-18)19-8-12(15-16-19)11-22-14-6-4-3-5-7-14/h3-8,13H,9-11H2,1-2H3. The summed E-state index contributed by atoms with van der Waals surface area (Å²) in [5.41, 5.74) is 0.711. The summed E-state index contributed by atoms with van der Waals surface area (Å²) in [5.74, 6) is 0.772. The molecule has 0 aliphatic carbocycles. The molecule has 3 rings (SSSR count). The zero-order valence-corrected chi connectivity index (χ0v) is 13.8. The Kier molecular flexibility index (Phi) is 4.33. The van der Waals surface area contributed by atoms with Crippen molar-refractivity contribution in [3.63, 3.8) is 0 Å². The summed E-state index contributed by atoms with van der Waals surface area (Å²) in [6.45, 7) is 1.14. The zero-order valence-electron chi connectivity index (χ0n) is 13.0. The Morgan fingerprint density at radius 1 is 1.26 bits per heavy atom. The van der Waals surface area contributed by atoms with Crippen LogP contribution in [-0.2, 0) is 16.8 Å². The van der Waals surface area contributed by atoms with E-state index in [-0.39, 0.29) is 6.04 Å². The zero-order chi connectivity index (χ0) is 16.4. The molecule has 0 radical (unpaired) electrons. The van der Waals surface area contributed by atoms with Gasteiger partial charge in [0.2, 0.25) is 0 Å². The Morgan fingerprint density at radius 2 is 1.96 bits per heavy atom. The first kappa shape index (κ1) is 15.9. The fourth-order valence-corrected chi connectivity index (χ4v) is 3.42. The predicted octanol–water partition coefficient (Wildman–Crippen LogP) is 0.520. The number of para-hydroxylation sites is 1. The highest BCUT2D eigenvalue weighted by atomic mass is 32.2. The molecule has 124 valence electrons. The smallest absolute Gasteiger partial charge is 0.281 e. The molecule has 1 aliphatic heterocycles. The second-order valence-corrected chi connectivity index (χ2v) is 7.69. The molecular formula is C14H19N5O3S. The molecule has 2 heterocycles. The second kappa shape index (κ2) is 6.26. The van der Waals surface area contributed by atoms with Crippen LogP contribution in [0.15, 0.2) is 36.5 Å². The average molecular weight is 337 g/mol. The van der Waals surface area contributed by atoms with Gasteiger partial charge in [-0.05, 0) is 12.1 Å². The quantitative estimate of drug-likeness (QED) is 0.768. The van der Waals surface area contributed by atoms with Crippen molar-refractivity contribution >= 4 is 10.2 Å².